The van der Waals surface area contributed by atoms with Crippen molar-refractivity contribution in [1.82, 2.24) is 15.6 Å². The van der Waals surface area contributed by atoms with Gasteiger partial charge >= 0.3 is 0 Å². The van der Waals surface area contributed by atoms with Gasteiger partial charge in [-0.2, -0.15) is 0 Å². The van der Waals surface area contributed by atoms with Gasteiger partial charge in [0.15, 0.2) is 0 Å². The molecular weight excluding hydrogens is 548 g/mol. The summed E-state index contributed by atoms with van der Waals surface area (Å²) in [7, 11) is -2.40. The maximum Gasteiger partial charge on any atom is 0.267 e. The van der Waals surface area contributed by atoms with Gasteiger partial charge in [0.05, 0.1) is 17.7 Å². The van der Waals surface area contributed by atoms with Gasteiger partial charge in [-0.1, -0.05) is 55.8 Å². The third kappa shape index (κ3) is 6.01. The molecular formula is C30H37ClN4O4S. The van der Waals surface area contributed by atoms with Crippen LogP contribution in [0.5, 0.6) is 5.75 Å². The minimum absolute atomic E-state index is 0.0346. The average molecular weight is 585 g/mol. The highest BCUT2D eigenvalue weighted by Crippen LogP contribution is 2.39. The molecule has 8 nitrogen and oxygen atoms in total. The number of H-pyrrole nitrogens is 1. The molecule has 2 heterocycles. The summed E-state index contributed by atoms with van der Waals surface area (Å²) in [5.74, 6) is 0.166. The van der Waals surface area contributed by atoms with Crippen LogP contribution in [0.15, 0.2) is 47.4 Å². The molecule has 1 fully saturated rings. The van der Waals surface area contributed by atoms with Crippen LogP contribution in [-0.4, -0.2) is 33.0 Å². The Morgan fingerprint density at radius 2 is 1.75 bits per heavy atom. The molecule has 2 aliphatic rings. The van der Waals surface area contributed by atoms with Crippen LogP contribution < -0.4 is 20.1 Å². The number of rotatable bonds is 7. The lowest BCUT2D eigenvalue weighted by Crippen LogP contribution is -2.47. The summed E-state index contributed by atoms with van der Waals surface area (Å²) in [5.41, 5.74) is 4.79. The minimum atomic E-state index is -3.86. The number of anilines is 1. The quantitative estimate of drug-likeness (QED) is 0.280. The van der Waals surface area contributed by atoms with Crippen molar-refractivity contribution in [3.63, 3.8) is 0 Å². The van der Waals surface area contributed by atoms with Gasteiger partial charge in [-0.3, -0.25) is 9.52 Å². The summed E-state index contributed by atoms with van der Waals surface area (Å²) in [6.07, 6.45) is 9.34. The molecule has 40 heavy (non-hydrogen) atoms. The fraction of sp³-hybridized carbons (Fsp3) is 0.433. The van der Waals surface area contributed by atoms with Crippen LogP contribution in [0.2, 0.25) is 5.02 Å². The number of nitrogens with one attached hydrogen (secondary N) is 4. The van der Waals surface area contributed by atoms with Crippen LogP contribution in [-0.2, 0) is 28.5 Å². The number of hydrogen-bond donors (Lipinski definition) is 4. The van der Waals surface area contributed by atoms with E-state index >= 15 is 0 Å². The highest BCUT2D eigenvalue weighted by Gasteiger charge is 2.37. The molecule has 2 aromatic carbocycles. The monoisotopic (exact) mass is 584 g/mol. The molecule has 0 atom stereocenters. The highest BCUT2D eigenvalue weighted by molar-refractivity contribution is 7.92. The fourth-order valence-corrected chi connectivity index (χ4v) is 7.12. The summed E-state index contributed by atoms with van der Waals surface area (Å²) < 4.78 is 33.9. The number of hydrogen-bond acceptors (Lipinski definition) is 5. The Hall–Kier alpha value is -3.01. The zero-order chi connectivity index (χ0) is 28.3. The molecule has 3 aromatic rings. The zero-order valence-electron chi connectivity index (χ0n) is 23.0. The second-order valence-electron chi connectivity index (χ2n) is 10.8. The first kappa shape index (κ1) is 28.5. The normalized spacial score (nSPS) is 17.0. The van der Waals surface area contributed by atoms with E-state index in [0.29, 0.717) is 22.2 Å². The van der Waals surface area contributed by atoms with E-state index in [1.165, 1.54) is 62.6 Å². The Bertz CT molecular complexity index is 1480. The SMILES string of the molecule is COc1cc(Cl)c(C)cc1NS(=O)(=O)c1ccc(CNC(=O)c2cc3c([nH]2)CCNC32CCCCCCC2)cc1. The molecule has 1 spiro atoms. The van der Waals surface area contributed by atoms with Gasteiger partial charge in [0.2, 0.25) is 0 Å². The summed E-state index contributed by atoms with van der Waals surface area (Å²) in [5, 5.41) is 7.26. The predicted molar refractivity (Wildman–Crippen MR) is 158 cm³/mol. The summed E-state index contributed by atoms with van der Waals surface area (Å²) in [6, 6.07) is 11.7. The van der Waals surface area contributed by atoms with Crippen LogP contribution in [0, 0.1) is 6.92 Å². The number of methoxy groups -OCH3 is 1. The van der Waals surface area contributed by atoms with E-state index in [1.807, 2.05) is 6.07 Å². The Kier molecular flexibility index (Phi) is 8.44. The number of carbonyl (C=O) groups is 1. The number of benzene rings is 2. The summed E-state index contributed by atoms with van der Waals surface area (Å²) in [4.78, 5) is 16.6. The highest BCUT2D eigenvalue weighted by atomic mass is 35.5. The van der Waals surface area contributed by atoms with Crippen molar-refractivity contribution in [3.8, 4) is 5.75 Å². The molecule has 0 unspecified atom stereocenters. The Balaban J connectivity index is 1.24. The molecule has 4 N–H and O–H groups in total. The smallest absolute Gasteiger partial charge is 0.267 e. The van der Waals surface area contributed by atoms with E-state index in [0.717, 1.165) is 36.9 Å². The van der Waals surface area contributed by atoms with Crippen LogP contribution in [0.3, 0.4) is 0 Å². The van der Waals surface area contributed by atoms with Gasteiger partial charge in [-0.05, 0) is 60.7 Å². The molecule has 214 valence electrons. The van der Waals surface area contributed by atoms with Crippen molar-refractivity contribution in [1.29, 1.82) is 0 Å². The number of aromatic amines is 1. The number of fused-ring (bicyclic) bond motifs is 2. The topological polar surface area (TPSA) is 112 Å². The number of halogens is 1. The van der Waals surface area contributed by atoms with Gasteiger partial charge in [-0.15, -0.1) is 0 Å². The lowest BCUT2D eigenvalue weighted by molar-refractivity contribution is 0.0946. The molecule has 0 bridgehead atoms. The maximum absolute atomic E-state index is 13.1. The number of carbonyl (C=O) groups excluding carboxylic acids is 1. The summed E-state index contributed by atoms with van der Waals surface area (Å²) in [6.45, 7) is 2.99. The lowest BCUT2D eigenvalue weighted by atomic mass is 9.76. The van der Waals surface area contributed by atoms with Crippen molar-refractivity contribution in [3.05, 3.63) is 75.6 Å². The van der Waals surface area contributed by atoms with Crippen molar-refractivity contribution < 1.29 is 17.9 Å². The Morgan fingerprint density at radius 1 is 1.05 bits per heavy atom. The molecule has 5 rings (SSSR count). The number of ether oxygens (including phenoxy) is 1. The number of aromatic nitrogens is 1. The molecule has 1 aromatic heterocycles. The molecule has 1 saturated carbocycles. The molecule has 1 amide bonds. The van der Waals surface area contributed by atoms with Gasteiger partial charge in [0.1, 0.15) is 11.4 Å². The third-order valence-corrected chi connectivity index (χ3v) is 9.91. The van der Waals surface area contributed by atoms with Crippen LogP contribution in [0.25, 0.3) is 0 Å². The van der Waals surface area contributed by atoms with E-state index in [-0.39, 0.29) is 22.9 Å². The van der Waals surface area contributed by atoms with Gasteiger partial charge in [0, 0.05) is 41.8 Å². The van der Waals surface area contributed by atoms with E-state index in [4.69, 9.17) is 16.3 Å². The Morgan fingerprint density at radius 3 is 2.45 bits per heavy atom. The third-order valence-electron chi connectivity index (χ3n) is 8.12. The fourth-order valence-electron chi connectivity index (χ4n) is 5.90. The maximum atomic E-state index is 13.1. The van der Waals surface area contributed by atoms with Crippen LogP contribution in [0.4, 0.5) is 5.69 Å². The molecule has 10 heteroatoms. The van der Waals surface area contributed by atoms with E-state index in [2.05, 4.69) is 20.3 Å². The van der Waals surface area contributed by atoms with Crippen molar-refractivity contribution >= 4 is 33.2 Å². The Labute approximate surface area is 241 Å². The first-order valence-corrected chi connectivity index (χ1v) is 15.8. The van der Waals surface area contributed by atoms with Crippen LogP contribution >= 0.6 is 11.6 Å². The molecule has 0 saturated heterocycles. The second kappa shape index (κ2) is 11.8. The van der Waals surface area contributed by atoms with Gasteiger partial charge < -0.3 is 20.4 Å². The average Bonchev–Trinajstić information content (AvgIpc) is 3.37. The van der Waals surface area contributed by atoms with E-state index in [9.17, 15) is 13.2 Å². The van der Waals surface area contributed by atoms with E-state index < -0.39 is 10.0 Å². The molecule has 0 radical (unpaired) electrons. The van der Waals surface area contributed by atoms with Crippen molar-refractivity contribution in [2.45, 2.75) is 75.3 Å². The molecule has 1 aliphatic carbocycles. The van der Waals surface area contributed by atoms with Crippen LogP contribution in [0.1, 0.15) is 77.8 Å². The standard InChI is InChI=1S/C30H37ClN4O4S/c1-20-16-26(28(39-2)18-24(20)31)35-40(37,38)22-10-8-21(9-11-22)19-32-29(36)27-17-23-25(34-27)12-15-33-30(23)13-6-4-3-5-7-14-30/h8-11,16-18,33-35H,3-7,12-15,19H2,1-2H3,(H,32,36). The van der Waals surface area contributed by atoms with Gasteiger partial charge in [0.25, 0.3) is 15.9 Å². The van der Waals surface area contributed by atoms with E-state index in [1.54, 1.807) is 31.2 Å². The lowest BCUT2D eigenvalue weighted by Gasteiger charge is -2.40. The number of sulfonamides is 1. The number of amides is 1. The van der Waals surface area contributed by atoms with Crippen molar-refractivity contribution in [2.24, 2.45) is 0 Å². The first-order valence-electron chi connectivity index (χ1n) is 13.9. The predicted octanol–water partition coefficient (Wildman–Crippen LogP) is 5.80. The largest absolute Gasteiger partial charge is 0.495 e. The summed E-state index contributed by atoms with van der Waals surface area (Å²) >= 11 is 6.14. The second-order valence-corrected chi connectivity index (χ2v) is 12.9. The first-order chi connectivity index (χ1) is 19.2. The zero-order valence-corrected chi connectivity index (χ0v) is 24.6. The minimum Gasteiger partial charge on any atom is -0.495 e. The number of aryl methyl sites for hydroxylation is 1. The van der Waals surface area contributed by atoms with Crippen molar-refractivity contribution in [2.75, 3.05) is 18.4 Å². The molecule has 1 aliphatic heterocycles. The van der Waals surface area contributed by atoms with Gasteiger partial charge in [-0.25, -0.2) is 8.42 Å².